The van der Waals surface area contributed by atoms with Gasteiger partial charge in [0.25, 0.3) is 5.91 Å². The molecule has 3 heterocycles. The molecule has 0 fully saturated rings. The number of carbonyl (C=O) groups is 3. The molecule has 0 saturated heterocycles. The summed E-state index contributed by atoms with van der Waals surface area (Å²) < 4.78 is 1.80. The normalized spacial score (nSPS) is 19.2. The minimum absolute atomic E-state index is 0.00178. The number of carbonyl (C=O) groups excluding carboxylic acids is 3. The highest BCUT2D eigenvalue weighted by molar-refractivity contribution is 7.98. The summed E-state index contributed by atoms with van der Waals surface area (Å²) in [7, 11) is 0. The Morgan fingerprint density at radius 3 is 2.64 bits per heavy atom. The number of rotatable bonds is 6. The van der Waals surface area contributed by atoms with E-state index in [0.717, 1.165) is 11.3 Å². The summed E-state index contributed by atoms with van der Waals surface area (Å²) in [4.78, 5) is 50.3. The van der Waals surface area contributed by atoms with Crippen LogP contribution in [-0.2, 0) is 16.1 Å². The molecule has 1 aliphatic heterocycles. The van der Waals surface area contributed by atoms with Gasteiger partial charge >= 0.3 is 0 Å². The lowest BCUT2D eigenvalue weighted by atomic mass is 10.0. The molecule has 0 aliphatic carbocycles. The van der Waals surface area contributed by atoms with Gasteiger partial charge in [-0.25, -0.2) is 14.6 Å². The third-order valence-electron chi connectivity index (χ3n) is 6.59. The Bertz CT molecular complexity index is 1250. The Morgan fingerprint density at radius 1 is 1.15 bits per heavy atom. The van der Waals surface area contributed by atoms with Gasteiger partial charge in [0, 0.05) is 30.5 Å². The van der Waals surface area contributed by atoms with Crippen LogP contribution in [0.25, 0.3) is 11.4 Å². The third-order valence-corrected chi connectivity index (χ3v) is 7.82. The zero-order valence-electron chi connectivity index (χ0n) is 22.5. The Kier molecular flexibility index (Phi) is 10.1. The van der Waals surface area contributed by atoms with E-state index in [9.17, 15) is 14.4 Å². The Morgan fingerprint density at radius 2 is 1.95 bits per heavy atom. The van der Waals surface area contributed by atoms with Crippen LogP contribution in [0.4, 0.5) is 0 Å². The number of thiazole rings is 1. The van der Waals surface area contributed by atoms with E-state index in [2.05, 4.69) is 15.6 Å². The number of hydrogen-bond acceptors (Lipinski definition) is 8. The molecule has 208 valence electrons. The fraction of sp³-hybridized carbons (Fsp3) is 0.481. The molecule has 3 aromatic rings. The number of amides is 3. The summed E-state index contributed by atoms with van der Waals surface area (Å²) in [6, 6.07) is 8.58. The van der Waals surface area contributed by atoms with Gasteiger partial charge in [-0.1, -0.05) is 44.2 Å². The van der Waals surface area contributed by atoms with Crippen molar-refractivity contribution in [3.63, 3.8) is 0 Å². The second kappa shape index (κ2) is 13.7. The van der Waals surface area contributed by atoms with Gasteiger partial charge in [0.1, 0.15) is 11.7 Å². The van der Waals surface area contributed by atoms with Crippen molar-refractivity contribution in [2.75, 3.05) is 25.1 Å². The molecular weight excluding hydrogens is 534 g/mol. The van der Waals surface area contributed by atoms with Crippen LogP contribution in [0, 0.1) is 5.92 Å². The van der Waals surface area contributed by atoms with E-state index in [1.54, 1.807) is 32.2 Å². The second-order valence-electron chi connectivity index (χ2n) is 9.78. The van der Waals surface area contributed by atoms with E-state index < -0.39 is 12.1 Å². The smallest absolute Gasteiger partial charge is 0.273 e. The van der Waals surface area contributed by atoms with Crippen molar-refractivity contribution >= 4 is 40.8 Å². The van der Waals surface area contributed by atoms with Crippen molar-refractivity contribution in [1.82, 2.24) is 35.3 Å². The summed E-state index contributed by atoms with van der Waals surface area (Å²) in [6.45, 7) is 5.16. The van der Waals surface area contributed by atoms with Gasteiger partial charge < -0.3 is 15.5 Å². The molecule has 12 heteroatoms. The minimum Gasteiger partial charge on any atom is -0.344 e. The topological polar surface area (TPSA) is 122 Å². The third kappa shape index (κ3) is 7.45. The SMILES string of the molecule is CSCC[C@@H]1NC(=O)CCCN(C(=O)c2cscn2)CCn2nc(-c3ccccc3)nc2[C@@H](C(C)C)NC1=O. The molecule has 2 N–H and O–H groups in total. The number of nitrogens with one attached hydrogen (secondary N) is 2. The highest BCUT2D eigenvalue weighted by Crippen LogP contribution is 2.25. The molecule has 0 spiro atoms. The van der Waals surface area contributed by atoms with Crippen LogP contribution in [0.5, 0.6) is 0 Å². The monoisotopic (exact) mass is 569 g/mol. The number of aromatic nitrogens is 4. The maximum Gasteiger partial charge on any atom is 0.273 e. The summed E-state index contributed by atoms with van der Waals surface area (Å²) in [5.74, 6) is 1.28. The highest BCUT2D eigenvalue weighted by Gasteiger charge is 2.30. The summed E-state index contributed by atoms with van der Waals surface area (Å²) >= 11 is 2.99. The molecule has 10 nitrogen and oxygen atoms in total. The van der Waals surface area contributed by atoms with Crippen LogP contribution in [0.1, 0.15) is 55.5 Å². The second-order valence-corrected chi connectivity index (χ2v) is 11.5. The van der Waals surface area contributed by atoms with Crippen molar-refractivity contribution in [3.05, 3.63) is 52.7 Å². The van der Waals surface area contributed by atoms with Crippen LogP contribution in [0.15, 0.2) is 41.2 Å². The number of hydrogen-bond donors (Lipinski definition) is 2. The molecule has 2 aromatic heterocycles. The van der Waals surface area contributed by atoms with Crippen LogP contribution in [-0.4, -0.2) is 73.5 Å². The van der Waals surface area contributed by atoms with Gasteiger partial charge in [0.2, 0.25) is 11.8 Å². The molecular formula is C27H35N7O3S2. The van der Waals surface area contributed by atoms with Crippen molar-refractivity contribution in [2.24, 2.45) is 5.92 Å². The fourth-order valence-electron chi connectivity index (χ4n) is 4.45. The quantitative estimate of drug-likeness (QED) is 0.467. The molecule has 1 aliphatic rings. The molecule has 0 radical (unpaired) electrons. The first-order valence-electron chi connectivity index (χ1n) is 13.1. The van der Waals surface area contributed by atoms with E-state index in [1.807, 2.05) is 50.4 Å². The predicted molar refractivity (Wildman–Crippen MR) is 153 cm³/mol. The molecule has 4 rings (SSSR count). The van der Waals surface area contributed by atoms with Gasteiger partial charge in [0.15, 0.2) is 11.6 Å². The molecule has 39 heavy (non-hydrogen) atoms. The predicted octanol–water partition coefficient (Wildman–Crippen LogP) is 3.39. The van der Waals surface area contributed by atoms with E-state index in [4.69, 9.17) is 10.1 Å². The first-order chi connectivity index (χ1) is 18.9. The van der Waals surface area contributed by atoms with Crippen LogP contribution in [0.2, 0.25) is 0 Å². The van der Waals surface area contributed by atoms with E-state index in [0.29, 0.717) is 49.8 Å². The Hall–Kier alpha value is -3.25. The van der Waals surface area contributed by atoms with Crippen LogP contribution >= 0.6 is 23.1 Å². The van der Waals surface area contributed by atoms with Gasteiger partial charge in [-0.3, -0.25) is 14.4 Å². The molecule has 1 aromatic carbocycles. The van der Waals surface area contributed by atoms with E-state index in [-0.39, 0.29) is 30.1 Å². The van der Waals surface area contributed by atoms with Crippen LogP contribution < -0.4 is 10.6 Å². The first-order valence-corrected chi connectivity index (χ1v) is 15.5. The average molecular weight is 570 g/mol. The number of thioether (sulfide) groups is 1. The molecule has 3 amide bonds. The molecule has 0 unspecified atom stereocenters. The maximum atomic E-state index is 13.5. The number of nitrogens with zero attached hydrogens (tertiary/aromatic N) is 5. The number of benzene rings is 1. The zero-order valence-corrected chi connectivity index (χ0v) is 24.1. The van der Waals surface area contributed by atoms with Gasteiger partial charge in [-0.05, 0) is 30.8 Å². The zero-order chi connectivity index (χ0) is 27.8. The maximum absolute atomic E-state index is 13.5. The lowest BCUT2D eigenvalue weighted by Crippen LogP contribution is -2.49. The minimum atomic E-state index is -0.660. The molecule has 0 saturated carbocycles. The summed E-state index contributed by atoms with van der Waals surface area (Å²) in [6.07, 6.45) is 3.16. The van der Waals surface area contributed by atoms with Crippen molar-refractivity contribution in [2.45, 2.75) is 51.7 Å². The average Bonchev–Trinajstić information content (AvgIpc) is 3.62. The van der Waals surface area contributed by atoms with Crippen molar-refractivity contribution in [3.8, 4) is 11.4 Å². The molecule has 0 bridgehead atoms. The van der Waals surface area contributed by atoms with Gasteiger partial charge in [-0.15, -0.1) is 11.3 Å². The van der Waals surface area contributed by atoms with Crippen molar-refractivity contribution < 1.29 is 14.4 Å². The van der Waals surface area contributed by atoms with Gasteiger partial charge in [0.05, 0.1) is 18.1 Å². The van der Waals surface area contributed by atoms with Crippen molar-refractivity contribution in [1.29, 1.82) is 0 Å². The summed E-state index contributed by atoms with van der Waals surface area (Å²) in [5, 5.41) is 12.6. The lowest BCUT2D eigenvalue weighted by Gasteiger charge is -2.27. The summed E-state index contributed by atoms with van der Waals surface area (Å²) in [5.41, 5.74) is 2.89. The van der Waals surface area contributed by atoms with Gasteiger partial charge in [-0.2, -0.15) is 16.9 Å². The first kappa shape index (κ1) is 28.8. The number of fused-ring (bicyclic) bond motifs is 1. The standard InChI is InChI=1S/C27H35N7O3S2/c1-18(2)23-25-31-24(19-8-5-4-6-9-19)32-34(25)14-13-33(27(37)21-16-39-17-28-21)12-7-10-22(35)29-20(11-15-38-3)26(36)30-23/h4-6,8-9,16-18,20,23H,7,10-15H2,1-3H3,(H,29,35)(H,30,36)/t20-,23+/m0/s1. The van der Waals surface area contributed by atoms with Crippen LogP contribution in [0.3, 0.4) is 0 Å². The van der Waals surface area contributed by atoms with E-state index in [1.165, 1.54) is 11.3 Å². The Labute approximate surface area is 237 Å². The Balaban J connectivity index is 1.72. The lowest BCUT2D eigenvalue weighted by molar-refractivity contribution is -0.129. The fourth-order valence-corrected chi connectivity index (χ4v) is 5.45. The molecule has 2 atom stereocenters. The largest absolute Gasteiger partial charge is 0.344 e. The van der Waals surface area contributed by atoms with E-state index >= 15 is 0 Å². The highest BCUT2D eigenvalue weighted by atomic mass is 32.2.